The Balaban J connectivity index is 1.73. The molecule has 1 aliphatic heterocycles. The van der Waals surface area contributed by atoms with Crippen molar-refractivity contribution in [1.29, 1.82) is 0 Å². The maximum atomic E-state index is 13.2. The molecular formula is C17H14FN3S2. The molecule has 0 saturated heterocycles. The molecule has 3 aromatic rings. The van der Waals surface area contributed by atoms with E-state index in [0.717, 1.165) is 28.5 Å². The Bertz CT molecular complexity index is 837. The molecule has 1 atom stereocenters. The third-order valence-electron chi connectivity index (χ3n) is 3.76. The van der Waals surface area contributed by atoms with Crippen LogP contribution in [0.5, 0.6) is 0 Å². The molecule has 0 radical (unpaired) electrons. The van der Waals surface area contributed by atoms with Crippen LogP contribution < -0.4 is 5.01 Å². The highest BCUT2D eigenvalue weighted by Crippen LogP contribution is 2.39. The van der Waals surface area contributed by atoms with Gasteiger partial charge in [0.05, 0.1) is 17.4 Å². The average molecular weight is 343 g/mol. The summed E-state index contributed by atoms with van der Waals surface area (Å²) in [6, 6.07) is 10.9. The highest BCUT2D eigenvalue weighted by Gasteiger charge is 2.32. The van der Waals surface area contributed by atoms with Gasteiger partial charge in [0.1, 0.15) is 5.82 Å². The molecule has 6 heteroatoms. The van der Waals surface area contributed by atoms with Gasteiger partial charge in [-0.15, -0.1) is 22.7 Å². The van der Waals surface area contributed by atoms with E-state index < -0.39 is 0 Å². The van der Waals surface area contributed by atoms with Crippen LogP contribution in [0.2, 0.25) is 0 Å². The second-order valence-corrected chi connectivity index (χ2v) is 7.22. The number of aromatic nitrogens is 1. The maximum Gasteiger partial charge on any atom is 0.206 e. The van der Waals surface area contributed by atoms with E-state index in [1.165, 1.54) is 17.0 Å². The molecule has 0 unspecified atom stereocenters. The van der Waals surface area contributed by atoms with Crippen LogP contribution in [0.1, 0.15) is 28.6 Å². The van der Waals surface area contributed by atoms with Crippen molar-refractivity contribution in [3.63, 3.8) is 0 Å². The van der Waals surface area contributed by atoms with Crippen LogP contribution in [0.3, 0.4) is 0 Å². The molecule has 4 rings (SSSR count). The first-order valence-electron chi connectivity index (χ1n) is 7.29. The van der Waals surface area contributed by atoms with Gasteiger partial charge in [0, 0.05) is 16.7 Å². The summed E-state index contributed by atoms with van der Waals surface area (Å²) in [5.41, 5.74) is 2.93. The molecule has 0 fully saturated rings. The maximum absolute atomic E-state index is 13.2. The SMILES string of the molecule is Cc1csc(N2N=C(c3ccc(F)cc3)C[C@H]2c2cccs2)n1. The Kier molecular flexibility index (Phi) is 3.71. The molecule has 116 valence electrons. The molecule has 3 heterocycles. The third kappa shape index (κ3) is 2.80. The number of anilines is 1. The van der Waals surface area contributed by atoms with Gasteiger partial charge in [-0.25, -0.2) is 14.4 Å². The van der Waals surface area contributed by atoms with E-state index in [1.807, 2.05) is 17.3 Å². The Morgan fingerprint density at radius 2 is 2.00 bits per heavy atom. The van der Waals surface area contributed by atoms with Crippen molar-refractivity contribution in [2.45, 2.75) is 19.4 Å². The molecule has 0 N–H and O–H groups in total. The smallest absolute Gasteiger partial charge is 0.206 e. The first-order chi connectivity index (χ1) is 11.2. The first kappa shape index (κ1) is 14.5. The monoisotopic (exact) mass is 343 g/mol. The fourth-order valence-corrected chi connectivity index (χ4v) is 4.27. The lowest BCUT2D eigenvalue weighted by molar-refractivity contribution is 0.627. The van der Waals surface area contributed by atoms with Crippen molar-refractivity contribution in [3.8, 4) is 0 Å². The van der Waals surface area contributed by atoms with Crippen LogP contribution in [0.4, 0.5) is 9.52 Å². The number of hydrogen-bond acceptors (Lipinski definition) is 5. The zero-order chi connectivity index (χ0) is 15.8. The van der Waals surface area contributed by atoms with Gasteiger partial charge in [0.2, 0.25) is 5.13 Å². The summed E-state index contributed by atoms with van der Waals surface area (Å²) in [4.78, 5) is 5.84. The van der Waals surface area contributed by atoms with Gasteiger partial charge in [-0.3, -0.25) is 0 Å². The highest BCUT2D eigenvalue weighted by molar-refractivity contribution is 7.13. The van der Waals surface area contributed by atoms with Gasteiger partial charge in [-0.2, -0.15) is 5.10 Å². The lowest BCUT2D eigenvalue weighted by Crippen LogP contribution is -2.17. The largest absolute Gasteiger partial charge is 0.230 e. The second kappa shape index (κ2) is 5.86. The lowest BCUT2D eigenvalue weighted by Gasteiger charge is -2.19. The van der Waals surface area contributed by atoms with E-state index in [9.17, 15) is 4.39 Å². The standard InChI is InChI=1S/C17H14FN3S2/c1-11-10-23-17(19-11)21-15(16-3-2-8-22-16)9-14(20-21)12-4-6-13(18)7-5-12/h2-8,10,15H,9H2,1H3/t15-/m0/s1. The molecule has 2 aromatic heterocycles. The van der Waals surface area contributed by atoms with Gasteiger partial charge in [0.15, 0.2) is 0 Å². The average Bonchev–Trinajstić information content (AvgIpc) is 3.27. The van der Waals surface area contributed by atoms with Gasteiger partial charge >= 0.3 is 0 Å². The molecule has 0 spiro atoms. The number of thiazole rings is 1. The predicted octanol–water partition coefficient (Wildman–Crippen LogP) is 5.01. The Morgan fingerprint density at radius 3 is 2.65 bits per heavy atom. The zero-order valence-electron chi connectivity index (χ0n) is 12.4. The van der Waals surface area contributed by atoms with E-state index in [4.69, 9.17) is 5.10 Å². The molecular weight excluding hydrogens is 329 g/mol. The van der Waals surface area contributed by atoms with Crippen molar-refractivity contribution in [2.75, 3.05) is 5.01 Å². The third-order valence-corrected chi connectivity index (χ3v) is 5.68. The summed E-state index contributed by atoms with van der Waals surface area (Å²) in [6.45, 7) is 1.99. The number of nitrogens with zero attached hydrogens (tertiary/aromatic N) is 3. The van der Waals surface area contributed by atoms with Gasteiger partial charge < -0.3 is 0 Å². The van der Waals surface area contributed by atoms with Crippen LogP contribution in [0.15, 0.2) is 52.3 Å². The van der Waals surface area contributed by atoms with Crippen LogP contribution in [0, 0.1) is 12.7 Å². The van der Waals surface area contributed by atoms with E-state index in [1.54, 1.807) is 34.8 Å². The van der Waals surface area contributed by atoms with Crippen molar-refractivity contribution in [1.82, 2.24) is 4.98 Å². The van der Waals surface area contributed by atoms with E-state index in [0.29, 0.717) is 0 Å². The molecule has 23 heavy (non-hydrogen) atoms. The van der Waals surface area contributed by atoms with Crippen molar-refractivity contribution in [3.05, 3.63) is 69.1 Å². The number of halogens is 1. The van der Waals surface area contributed by atoms with Gasteiger partial charge in [-0.05, 0) is 36.1 Å². The normalized spacial score (nSPS) is 17.6. The summed E-state index contributed by atoms with van der Waals surface area (Å²) in [5.74, 6) is -0.227. The van der Waals surface area contributed by atoms with Crippen LogP contribution in [-0.2, 0) is 0 Å². The molecule has 1 aromatic carbocycles. The lowest BCUT2D eigenvalue weighted by atomic mass is 10.0. The summed E-state index contributed by atoms with van der Waals surface area (Å²) < 4.78 is 13.2. The number of aryl methyl sites for hydroxylation is 1. The fraction of sp³-hybridized carbons (Fsp3) is 0.176. The minimum atomic E-state index is -0.227. The van der Waals surface area contributed by atoms with Crippen LogP contribution in [0.25, 0.3) is 0 Å². The zero-order valence-corrected chi connectivity index (χ0v) is 14.1. The highest BCUT2D eigenvalue weighted by atomic mass is 32.1. The second-order valence-electron chi connectivity index (χ2n) is 5.40. The predicted molar refractivity (Wildman–Crippen MR) is 93.9 cm³/mol. The number of hydrazone groups is 1. The Morgan fingerprint density at radius 1 is 1.17 bits per heavy atom. The molecule has 0 saturated carbocycles. The minimum Gasteiger partial charge on any atom is -0.230 e. The summed E-state index contributed by atoms with van der Waals surface area (Å²) in [6.07, 6.45) is 0.796. The van der Waals surface area contributed by atoms with Crippen molar-refractivity contribution >= 4 is 33.5 Å². The van der Waals surface area contributed by atoms with Crippen molar-refractivity contribution in [2.24, 2.45) is 5.10 Å². The van der Waals surface area contributed by atoms with Crippen LogP contribution in [-0.4, -0.2) is 10.7 Å². The Hall–Kier alpha value is -2.05. The molecule has 0 bridgehead atoms. The van der Waals surface area contributed by atoms with Crippen molar-refractivity contribution < 1.29 is 4.39 Å². The van der Waals surface area contributed by atoms with E-state index >= 15 is 0 Å². The molecule has 0 aliphatic carbocycles. The molecule has 3 nitrogen and oxygen atoms in total. The number of thiophene rings is 1. The van der Waals surface area contributed by atoms with E-state index in [2.05, 4.69) is 22.5 Å². The molecule has 0 amide bonds. The van der Waals surface area contributed by atoms with Gasteiger partial charge in [-0.1, -0.05) is 18.2 Å². The number of hydrogen-bond donors (Lipinski definition) is 0. The quantitative estimate of drug-likeness (QED) is 0.669. The minimum absolute atomic E-state index is 0.153. The van der Waals surface area contributed by atoms with Crippen LogP contribution >= 0.6 is 22.7 Å². The summed E-state index contributed by atoms with van der Waals surface area (Å²) >= 11 is 3.33. The first-order valence-corrected chi connectivity index (χ1v) is 9.05. The number of benzene rings is 1. The number of rotatable bonds is 3. The topological polar surface area (TPSA) is 28.5 Å². The fourth-order valence-electron chi connectivity index (χ4n) is 2.65. The Labute approximate surface area is 141 Å². The summed E-state index contributed by atoms with van der Waals surface area (Å²) in [7, 11) is 0. The van der Waals surface area contributed by atoms with Gasteiger partial charge in [0.25, 0.3) is 0 Å². The summed E-state index contributed by atoms with van der Waals surface area (Å²) in [5, 5.41) is 11.8. The molecule has 1 aliphatic rings. The van der Waals surface area contributed by atoms with E-state index in [-0.39, 0.29) is 11.9 Å².